The highest BCUT2D eigenvalue weighted by Gasteiger charge is 2.30. The Balaban J connectivity index is 1.57. The normalized spacial score (nSPS) is 11.6. The van der Waals surface area contributed by atoms with E-state index in [4.69, 9.17) is 10.1 Å². The van der Waals surface area contributed by atoms with E-state index >= 15 is 0 Å². The molecule has 152 valence electrons. The van der Waals surface area contributed by atoms with E-state index in [-0.39, 0.29) is 6.61 Å². The van der Waals surface area contributed by atoms with Crippen LogP contribution in [-0.2, 0) is 19.3 Å². The molecule has 0 aliphatic carbocycles. The largest absolute Gasteiger partial charge is 0.489 e. The molecule has 0 spiro atoms. The lowest BCUT2D eigenvalue weighted by atomic mass is 10.1. The molecule has 0 aliphatic heterocycles. The summed E-state index contributed by atoms with van der Waals surface area (Å²) in [6.45, 7) is 0.704. The number of hydrogen-bond acceptors (Lipinski definition) is 2. The number of ether oxygens (including phenoxy) is 1. The van der Waals surface area contributed by atoms with Crippen molar-refractivity contribution in [2.45, 2.75) is 19.3 Å². The van der Waals surface area contributed by atoms with Gasteiger partial charge in [0, 0.05) is 35.4 Å². The van der Waals surface area contributed by atoms with Gasteiger partial charge in [0.05, 0.1) is 5.56 Å². The number of fused-ring (bicyclic) bond motifs is 1. The molecule has 4 rings (SSSR count). The van der Waals surface area contributed by atoms with E-state index in [9.17, 15) is 13.2 Å². The summed E-state index contributed by atoms with van der Waals surface area (Å²) >= 11 is 0. The maximum absolute atomic E-state index is 12.9. The van der Waals surface area contributed by atoms with Gasteiger partial charge in [-0.3, -0.25) is 0 Å². The van der Waals surface area contributed by atoms with E-state index in [0.717, 1.165) is 34.2 Å². The van der Waals surface area contributed by atoms with Gasteiger partial charge in [-0.2, -0.15) is 13.2 Å². The maximum atomic E-state index is 12.9. The molecule has 0 saturated carbocycles. The molecule has 30 heavy (non-hydrogen) atoms. The molecule has 1 heterocycles. The molecule has 1 aromatic heterocycles. The van der Waals surface area contributed by atoms with E-state index in [0.29, 0.717) is 17.9 Å². The third kappa shape index (κ3) is 4.22. The first-order chi connectivity index (χ1) is 14.4. The van der Waals surface area contributed by atoms with Crippen LogP contribution >= 0.6 is 0 Å². The highest BCUT2D eigenvalue weighted by molar-refractivity contribution is 5.99. The Labute approximate surface area is 171 Å². The topological polar surface area (TPSA) is 38.0 Å². The van der Waals surface area contributed by atoms with Gasteiger partial charge < -0.3 is 14.7 Å². The lowest BCUT2D eigenvalue weighted by Gasteiger charge is -2.11. The SMILES string of the molecule is N=Cc1cn(Cc2ccccc2)c2ccc(OCc3cccc(C(F)(F)F)c3)cc12. The van der Waals surface area contributed by atoms with E-state index in [2.05, 4.69) is 4.57 Å². The highest BCUT2D eigenvalue weighted by Crippen LogP contribution is 2.30. The van der Waals surface area contributed by atoms with Gasteiger partial charge in [0.25, 0.3) is 0 Å². The van der Waals surface area contributed by atoms with Gasteiger partial charge in [-0.15, -0.1) is 0 Å². The summed E-state index contributed by atoms with van der Waals surface area (Å²) in [5.41, 5.74) is 2.62. The molecular weight excluding hydrogens is 389 g/mol. The van der Waals surface area contributed by atoms with Crippen LogP contribution < -0.4 is 4.74 Å². The third-order valence-corrected chi connectivity index (χ3v) is 4.89. The van der Waals surface area contributed by atoms with E-state index in [1.165, 1.54) is 12.3 Å². The first-order valence-electron chi connectivity index (χ1n) is 9.40. The summed E-state index contributed by atoms with van der Waals surface area (Å²) in [4.78, 5) is 0. The van der Waals surface area contributed by atoms with Crippen molar-refractivity contribution in [1.82, 2.24) is 4.57 Å². The van der Waals surface area contributed by atoms with Crippen molar-refractivity contribution in [3.8, 4) is 5.75 Å². The van der Waals surface area contributed by atoms with Crippen LogP contribution in [-0.4, -0.2) is 10.8 Å². The molecule has 0 amide bonds. The first kappa shape index (κ1) is 19.8. The molecule has 0 radical (unpaired) electrons. The van der Waals surface area contributed by atoms with Crippen LogP contribution in [0.25, 0.3) is 10.9 Å². The zero-order valence-corrected chi connectivity index (χ0v) is 16.0. The fourth-order valence-electron chi connectivity index (χ4n) is 3.42. The Morgan fingerprint density at radius 3 is 2.40 bits per heavy atom. The fraction of sp³-hybridized carbons (Fsp3) is 0.125. The van der Waals surface area contributed by atoms with Crippen LogP contribution in [0.3, 0.4) is 0 Å². The number of nitrogens with zero attached hydrogens (tertiary/aromatic N) is 1. The van der Waals surface area contributed by atoms with Crippen LogP contribution in [0.5, 0.6) is 5.75 Å². The molecule has 0 aliphatic rings. The molecule has 3 nitrogen and oxygen atoms in total. The molecule has 4 aromatic rings. The summed E-state index contributed by atoms with van der Waals surface area (Å²) in [7, 11) is 0. The summed E-state index contributed by atoms with van der Waals surface area (Å²) in [5.74, 6) is 0.542. The molecule has 0 saturated heterocycles. The number of benzene rings is 3. The standard InChI is InChI=1S/C24H19F3N2O/c25-24(26,27)20-8-4-7-18(11-20)16-30-21-9-10-23-22(12-21)19(13-28)15-29(23)14-17-5-2-1-3-6-17/h1-13,15,28H,14,16H2. The molecule has 0 atom stereocenters. The van der Waals surface area contributed by atoms with Crippen LogP contribution in [0, 0.1) is 5.41 Å². The predicted octanol–water partition coefficient (Wildman–Crippen LogP) is 6.29. The molecule has 3 aromatic carbocycles. The van der Waals surface area contributed by atoms with Gasteiger partial charge in [-0.05, 0) is 41.5 Å². The average molecular weight is 408 g/mol. The van der Waals surface area contributed by atoms with Crippen molar-refractivity contribution in [3.05, 3.63) is 101 Å². The number of aromatic nitrogens is 1. The van der Waals surface area contributed by atoms with Gasteiger partial charge in [0.1, 0.15) is 12.4 Å². The lowest BCUT2D eigenvalue weighted by molar-refractivity contribution is -0.137. The summed E-state index contributed by atoms with van der Waals surface area (Å²) in [6, 6.07) is 20.7. The minimum atomic E-state index is -4.38. The fourth-order valence-corrected chi connectivity index (χ4v) is 3.42. The van der Waals surface area contributed by atoms with Gasteiger partial charge in [0.15, 0.2) is 0 Å². The second-order valence-corrected chi connectivity index (χ2v) is 7.01. The Bertz CT molecular complexity index is 1180. The summed E-state index contributed by atoms with van der Waals surface area (Å²) in [5, 5.41) is 8.59. The predicted molar refractivity (Wildman–Crippen MR) is 111 cm³/mol. The molecular formula is C24H19F3N2O. The van der Waals surface area contributed by atoms with Crippen molar-refractivity contribution in [3.63, 3.8) is 0 Å². The van der Waals surface area contributed by atoms with Crippen LogP contribution in [0.15, 0.2) is 79.0 Å². The molecule has 1 N–H and O–H groups in total. The number of halogens is 3. The first-order valence-corrected chi connectivity index (χ1v) is 9.40. The second kappa shape index (κ2) is 8.06. The molecule has 0 unspecified atom stereocenters. The van der Waals surface area contributed by atoms with Crippen LogP contribution in [0.2, 0.25) is 0 Å². The van der Waals surface area contributed by atoms with E-state index in [1.807, 2.05) is 48.7 Å². The monoisotopic (exact) mass is 408 g/mol. The molecule has 6 heteroatoms. The minimum absolute atomic E-state index is 0.0279. The van der Waals surface area contributed by atoms with Crippen molar-refractivity contribution in [1.29, 1.82) is 5.41 Å². The van der Waals surface area contributed by atoms with Gasteiger partial charge in [0.2, 0.25) is 0 Å². The maximum Gasteiger partial charge on any atom is 0.416 e. The Kier molecular flexibility index (Phi) is 5.31. The second-order valence-electron chi connectivity index (χ2n) is 7.01. The van der Waals surface area contributed by atoms with Crippen molar-refractivity contribution < 1.29 is 17.9 Å². The number of nitrogens with one attached hydrogen (secondary N) is 1. The van der Waals surface area contributed by atoms with E-state index < -0.39 is 11.7 Å². The van der Waals surface area contributed by atoms with Gasteiger partial charge in [-0.1, -0.05) is 42.5 Å². The lowest BCUT2D eigenvalue weighted by Crippen LogP contribution is -2.06. The Morgan fingerprint density at radius 2 is 1.67 bits per heavy atom. The van der Waals surface area contributed by atoms with Gasteiger partial charge in [-0.25, -0.2) is 0 Å². The minimum Gasteiger partial charge on any atom is -0.489 e. The summed E-state index contributed by atoms with van der Waals surface area (Å²) < 4.78 is 46.5. The molecule has 0 fully saturated rings. The van der Waals surface area contributed by atoms with Crippen LogP contribution in [0.4, 0.5) is 13.2 Å². The average Bonchev–Trinajstić information content (AvgIpc) is 3.09. The zero-order chi connectivity index (χ0) is 21.1. The smallest absolute Gasteiger partial charge is 0.416 e. The number of rotatable bonds is 6. The van der Waals surface area contributed by atoms with Crippen molar-refractivity contribution in [2.24, 2.45) is 0 Å². The quantitative estimate of drug-likeness (QED) is 0.374. The Morgan fingerprint density at radius 1 is 0.900 bits per heavy atom. The number of hydrogen-bond donors (Lipinski definition) is 1. The molecule has 0 bridgehead atoms. The van der Waals surface area contributed by atoms with E-state index in [1.54, 1.807) is 12.1 Å². The summed E-state index contributed by atoms with van der Waals surface area (Å²) in [6.07, 6.45) is -1.17. The van der Waals surface area contributed by atoms with Gasteiger partial charge >= 0.3 is 6.18 Å². The Hall–Kier alpha value is -3.54. The zero-order valence-electron chi connectivity index (χ0n) is 16.0. The third-order valence-electron chi connectivity index (χ3n) is 4.89. The van der Waals surface area contributed by atoms with Crippen molar-refractivity contribution >= 4 is 17.1 Å². The highest BCUT2D eigenvalue weighted by atomic mass is 19.4. The van der Waals surface area contributed by atoms with Crippen molar-refractivity contribution in [2.75, 3.05) is 0 Å². The number of alkyl halides is 3. The van der Waals surface area contributed by atoms with Crippen LogP contribution in [0.1, 0.15) is 22.3 Å².